The molecular weight excluding hydrogens is 324 g/mol. The van der Waals surface area contributed by atoms with Crippen LogP contribution in [0.2, 0.25) is 11.6 Å². The van der Waals surface area contributed by atoms with Gasteiger partial charge in [0.15, 0.2) is 12.4 Å². The zero-order valence-corrected chi connectivity index (χ0v) is 14.8. The first-order chi connectivity index (χ1) is 10.5. The van der Waals surface area contributed by atoms with Gasteiger partial charge in [-0.25, -0.2) is 0 Å². The minimum atomic E-state index is -2.65. The quantitative estimate of drug-likeness (QED) is 0.455. The summed E-state index contributed by atoms with van der Waals surface area (Å²) in [7, 11) is -2.65. The molecule has 23 heavy (non-hydrogen) atoms. The summed E-state index contributed by atoms with van der Waals surface area (Å²) < 4.78 is 7.12. The van der Waals surface area contributed by atoms with Crippen LogP contribution in [0.15, 0.2) is 6.20 Å². The highest BCUT2D eigenvalue weighted by Gasteiger charge is 2.45. The van der Waals surface area contributed by atoms with E-state index in [1.54, 1.807) is 6.92 Å². The Balaban J connectivity index is 3.30. The van der Waals surface area contributed by atoms with Crippen molar-refractivity contribution in [3.8, 4) is 0 Å². The van der Waals surface area contributed by atoms with Crippen molar-refractivity contribution in [3.05, 3.63) is 26.4 Å². The molecule has 0 radical (unpaired) electrons. The molecule has 0 aliphatic carbocycles. The number of nitro groups is 2. The van der Waals surface area contributed by atoms with Crippen LogP contribution in [0.4, 0.5) is 11.8 Å². The van der Waals surface area contributed by atoms with E-state index < -0.39 is 36.2 Å². The summed E-state index contributed by atoms with van der Waals surface area (Å²) in [5.41, 5.74) is 0. The van der Waals surface area contributed by atoms with Crippen LogP contribution in [0.25, 0.3) is 0 Å². The SMILES string of the molecule is CC[C@@H](O[Si](C)(CO)C(C)(C)C)n1cc([N+](=O)[O-])nc1[N+](=O)[O-]. The zero-order chi connectivity index (χ0) is 18.0. The summed E-state index contributed by atoms with van der Waals surface area (Å²) in [6.45, 7) is 9.34. The van der Waals surface area contributed by atoms with Crippen LogP contribution in [-0.4, -0.2) is 39.1 Å². The standard InChI is InChI=1S/C12H22N4O6Si/c1-6-10(22-23(5,8-17)12(2,3)4)14-7-9(15(18)19)13-11(14)16(20)21/h7,10,17H,6,8H2,1-5H3/t10-,23?/m1/s1. The van der Waals surface area contributed by atoms with Crippen LogP contribution in [0.1, 0.15) is 40.3 Å². The van der Waals surface area contributed by atoms with Crippen molar-refractivity contribution in [3.63, 3.8) is 0 Å². The molecule has 0 saturated carbocycles. The summed E-state index contributed by atoms with van der Waals surface area (Å²) >= 11 is 0. The van der Waals surface area contributed by atoms with Gasteiger partial charge in [-0.1, -0.05) is 27.7 Å². The first-order valence-corrected chi connectivity index (χ1v) is 9.74. The monoisotopic (exact) mass is 346 g/mol. The lowest BCUT2D eigenvalue weighted by atomic mass is 10.2. The van der Waals surface area contributed by atoms with Gasteiger partial charge in [-0.3, -0.25) is 0 Å². The zero-order valence-electron chi connectivity index (χ0n) is 13.8. The topological polar surface area (TPSA) is 134 Å². The molecule has 0 saturated heterocycles. The lowest BCUT2D eigenvalue weighted by molar-refractivity contribution is -0.404. The number of imidazole rings is 1. The Bertz CT molecular complexity index is 599. The molecule has 0 aliphatic heterocycles. The fourth-order valence-electron chi connectivity index (χ4n) is 1.89. The molecule has 10 nitrogen and oxygen atoms in total. The molecule has 1 N–H and O–H groups in total. The Kier molecular flexibility index (Phi) is 5.61. The summed E-state index contributed by atoms with van der Waals surface area (Å²) in [5.74, 6) is -1.26. The lowest BCUT2D eigenvalue weighted by Gasteiger charge is -2.39. The van der Waals surface area contributed by atoms with Crippen LogP contribution in [0.5, 0.6) is 0 Å². The summed E-state index contributed by atoms with van der Waals surface area (Å²) in [6, 6.07) is 0. The van der Waals surface area contributed by atoms with Crippen LogP contribution >= 0.6 is 0 Å². The van der Waals surface area contributed by atoms with Gasteiger partial charge in [-0.15, -0.1) is 0 Å². The normalized spacial score (nSPS) is 15.9. The predicted octanol–water partition coefficient (Wildman–Crippen LogP) is 2.53. The van der Waals surface area contributed by atoms with Gasteiger partial charge in [-0.2, -0.15) is 4.57 Å². The molecule has 0 spiro atoms. The van der Waals surface area contributed by atoms with E-state index in [1.807, 2.05) is 27.3 Å². The van der Waals surface area contributed by atoms with E-state index in [0.717, 1.165) is 10.8 Å². The van der Waals surface area contributed by atoms with Crippen molar-refractivity contribution < 1.29 is 19.4 Å². The van der Waals surface area contributed by atoms with Crippen LogP contribution in [0, 0.1) is 20.2 Å². The van der Waals surface area contributed by atoms with Gasteiger partial charge in [0.05, 0.1) is 6.23 Å². The first kappa shape index (κ1) is 19.2. The molecule has 0 aromatic carbocycles. The molecule has 0 bridgehead atoms. The maximum atomic E-state index is 11.1. The average Bonchev–Trinajstić information content (AvgIpc) is 2.88. The van der Waals surface area contributed by atoms with E-state index in [4.69, 9.17) is 4.43 Å². The number of hydrogen-bond acceptors (Lipinski definition) is 7. The van der Waals surface area contributed by atoms with Crippen molar-refractivity contribution in [2.24, 2.45) is 0 Å². The van der Waals surface area contributed by atoms with E-state index in [2.05, 4.69) is 4.98 Å². The Morgan fingerprint density at radius 2 is 1.96 bits per heavy atom. The lowest BCUT2D eigenvalue weighted by Crippen LogP contribution is -2.49. The van der Waals surface area contributed by atoms with Gasteiger partial charge in [0.2, 0.25) is 8.32 Å². The second kappa shape index (κ2) is 6.72. The highest BCUT2D eigenvalue weighted by molar-refractivity contribution is 6.75. The van der Waals surface area contributed by atoms with Crippen molar-refractivity contribution in [1.29, 1.82) is 0 Å². The third-order valence-electron chi connectivity index (χ3n) is 3.99. The van der Waals surface area contributed by atoms with Crippen molar-refractivity contribution in [2.45, 2.75) is 51.9 Å². The number of hydrogen-bond donors (Lipinski definition) is 1. The summed E-state index contributed by atoms with van der Waals surface area (Å²) in [6.07, 6.45) is 0.367. The molecule has 2 atom stereocenters. The van der Waals surface area contributed by atoms with E-state index >= 15 is 0 Å². The number of rotatable bonds is 7. The minimum absolute atomic E-state index is 0.169. The number of aliphatic hydroxyl groups excluding tert-OH is 1. The Morgan fingerprint density at radius 1 is 1.39 bits per heavy atom. The summed E-state index contributed by atoms with van der Waals surface area (Å²) in [5, 5.41) is 31.4. The third kappa shape index (κ3) is 3.92. The second-order valence-electron chi connectivity index (χ2n) is 6.44. The van der Waals surface area contributed by atoms with Gasteiger partial charge >= 0.3 is 11.8 Å². The van der Waals surface area contributed by atoms with Crippen molar-refractivity contribution in [1.82, 2.24) is 9.55 Å². The van der Waals surface area contributed by atoms with Gasteiger partial charge in [-0.05, 0) is 26.4 Å². The minimum Gasteiger partial charge on any atom is -0.397 e. The van der Waals surface area contributed by atoms with Gasteiger partial charge in [0.25, 0.3) is 0 Å². The Hall–Kier alpha value is -1.85. The smallest absolute Gasteiger partial charge is 0.397 e. The highest BCUT2D eigenvalue weighted by atomic mass is 28.4. The molecule has 0 fully saturated rings. The molecule has 1 aromatic rings. The maximum Gasteiger partial charge on any atom is 0.441 e. The molecule has 0 aliphatic rings. The molecule has 1 rings (SSSR count). The number of nitrogens with zero attached hydrogens (tertiary/aromatic N) is 4. The molecule has 1 aromatic heterocycles. The Labute approximate surface area is 134 Å². The fraction of sp³-hybridized carbons (Fsp3) is 0.750. The summed E-state index contributed by atoms with van der Waals surface area (Å²) in [4.78, 5) is 23.8. The first-order valence-electron chi connectivity index (χ1n) is 7.13. The largest absolute Gasteiger partial charge is 0.441 e. The third-order valence-corrected chi connectivity index (χ3v) is 8.56. The van der Waals surface area contributed by atoms with Gasteiger partial charge in [0, 0.05) is 6.42 Å². The van der Waals surface area contributed by atoms with Crippen LogP contribution < -0.4 is 0 Å². The van der Waals surface area contributed by atoms with Gasteiger partial charge < -0.3 is 29.8 Å². The van der Waals surface area contributed by atoms with Gasteiger partial charge in [0.1, 0.15) is 0 Å². The molecular formula is C12H22N4O6Si. The van der Waals surface area contributed by atoms with Crippen molar-refractivity contribution >= 4 is 20.1 Å². The second-order valence-corrected chi connectivity index (χ2v) is 11.0. The van der Waals surface area contributed by atoms with E-state index in [9.17, 15) is 25.3 Å². The fourth-order valence-corrected chi connectivity index (χ4v) is 3.68. The highest BCUT2D eigenvalue weighted by Crippen LogP contribution is 2.40. The molecule has 0 amide bonds. The molecule has 11 heteroatoms. The maximum absolute atomic E-state index is 11.1. The van der Waals surface area contributed by atoms with Crippen LogP contribution in [0.3, 0.4) is 0 Å². The van der Waals surface area contributed by atoms with E-state index in [-0.39, 0.29) is 11.3 Å². The van der Waals surface area contributed by atoms with Crippen LogP contribution in [-0.2, 0) is 4.43 Å². The van der Waals surface area contributed by atoms with Crippen molar-refractivity contribution in [2.75, 3.05) is 6.23 Å². The molecule has 1 heterocycles. The molecule has 130 valence electrons. The average molecular weight is 346 g/mol. The van der Waals surface area contributed by atoms with E-state index in [0.29, 0.717) is 6.42 Å². The molecule has 1 unspecified atom stereocenters. The Morgan fingerprint density at radius 3 is 2.30 bits per heavy atom. The predicted molar refractivity (Wildman–Crippen MR) is 84.4 cm³/mol. The number of aromatic nitrogens is 2. The number of aliphatic hydroxyl groups is 1. The van der Waals surface area contributed by atoms with E-state index in [1.165, 1.54) is 0 Å².